The van der Waals surface area contributed by atoms with Crippen LogP contribution in [-0.4, -0.2) is 37.4 Å². The fraction of sp³-hybridized carbons (Fsp3) is 0.533. The van der Waals surface area contributed by atoms with E-state index >= 15 is 0 Å². The minimum absolute atomic E-state index is 0.712. The summed E-state index contributed by atoms with van der Waals surface area (Å²) in [5, 5.41) is 0. The molecule has 3 rings (SSSR count). The van der Waals surface area contributed by atoms with Crippen LogP contribution in [0, 0.1) is 0 Å². The second-order valence-electron chi connectivity index (χ2n) is 5.31. The van der Waals surface area contributed by atoms with Crippen LogP contribution in [-0.2, 0) is 6.54 Å². The van der Waals surface area contributed by atoms with Crippen molar-refractivity contribution in [2.75, 3.05) is 32.0 Å². The highest BCUT2D eigenvalue weighted by Gasteiger charge is 2.13. The Morgan fingerprint density at radius 1 is 1.21 bits per heavy atom. The summed E-state index contributed by atoms with van der Waals surface area (Å²) in [5.74, 6) is 0.807. The Kier molecular flexibility index (Phi) is 3.69. The molecule has 1 aromatic carbocycles. The van der Waals surface area contributed by atoms with Gasteiger partial charge in [-0.3, -0.25) is 9.89 Å². The van der Waals surface area contributed by atoms with Gasteiger partial charge < -0.3 is 10.5 Å². The highest BCUT2D eigenvalue weighted by atomic mass is 16.5. The molecule has 0 amide bonds. The summed E-state index contributed by atoms with van der Waals surface area (Å²) in [6.45, 7) is 4.86. The summed E-state index contributed by atoms with van der Waals surface area (Å²) in [6.07, 6.45) is 5.88. The van der Waals surface area contributed by atoms with Crippen molar-refractivity contribution >= 4 is 11.9 Å². The SMILES string of the molecule is Nc1cc2c(cc1OCCN1CCCCC1)CN=C2. The number of anilines is 1. The summed E-state index contributed by atoms with van der Waals surface area (Å²) >= 11 is 0. The molecule has 1 saturated heterocycles. The molecule has 2 heterocycles. The third-order valence-corrected chi connectivity index (χ3v) is 3.88. The second kappa shape index (κ2) is 5.61. The van der Waals surface area contributed by atoms with Crippen molar-refractivity contribution in [1.29, 1.82) is 0 Å². The van der Waals surface area contributed by atoms with Crippen molar-refractivity contribution in [2.24, 2.45) is 4.99 Å². The quantitative estimate of drug-likeness (QED) is 0.842. The highest BCUT2D eigenvalue weighted by Crippen LogP contribution is 2.28. The number of nitrogens with zero attached hydrogens (tertiary/aromatic N) is 2. The molecule has 0 spiro atoms. The Bertz CT molecular complexity index is 479. The lowest BCUT2D eigenvalue weighted by molar-refractivity contribution is 0.184. The van der Waals surface area contributed by atoms with Gasteiger partial charge in [0.05, 0.1) is 12.2 Å². The number of nitrogen functional groups attached to an aromatic ring is 1. The number of rotatable bonds is 4. The van der Waals surface area contributed by atoms with Gasteiger partial charge in [0.1, 0.15) is 12.4 Å². The van der Waals surface area contributed by atoms with Crippen LogP contribution in [0.2, 0.25) is 0 Å². The Labute approximate surface area is 114 Å². The first-order valence-corrected chi connectivity index (χ1v) is 7.10. The molecule has 4 heteroatoms. The van der Waals surface area contributed by atoms with Crippen LogP contribution < -0.4 is 10.5 Å². The first-order valence-electron chi connectivity index (χ1n) is 7.10. The molecule has 102 valence electrons. The molecule has 0 bridgehead atoms. The summed E-state index contributed by atoms with van der Waals surface area (Å²) in [5.41, 5.74) is 9.06. The van der Waals surface area contributed by atoms with Crippen molar-refractivity contribution in [3.05, 3.63) is 23.3 Å². The normalized spacial score (nSPS) is 18.5. The number of benzene rings is 1. The largest absolute Gasteiger partial charge is 0.490 e. The van der Waals surface area contributed by atoms with Gasteiger partial charge in [-0.1, -0.05) is 6.42 Å². The topological polar surface area (TPSA) is 50.9 Å². The van der Waals surface area contributed by atoms with Crippen LogP contribution in [0.4, 0.5) is 5.69 Å². The molecule has 4 nitrogen and oxygen atoms in total. The lowest BCUT2D eigenvalue weighted by atomic mass is 10.1. The summed E-state index contributed by atoms with van der Waals surface area (Å²) < 4.78 is 5.84. The van der Waals surface area contributed by atoms with Crippen molar-refractivity contribution < 1.29 is 4.74 Å². The number of piperidine rings is 1. The molecule has 19 heavy (non-hydrogen) atoms. The number of aliphatic imine (C=N–C) groups is 1. The van der Waals surface area contributed by atoms with Gasteiger partial charge in [-0.2, -0.15) is 0 Å². The monoisotopic (exact) mass is 259 g/mol. The Balaban J connectivity index is 1.55. The predicted molar refractivity (Wildman–Crippen MR) is 77.9 cm³/mol. The zero-order valence-corrected chi connectivity index (χ0v) is 11.3. The van der Waals surface area contributed by atoms with Crippen LogP contribution in [0.5, 0.6) is 5.75 Å². The van der Waals surface area contributed by atoms with E-state index < -0.39 is 0 Å². The number of ether oxygens (including phenoxy) is 1. The molecule has 0 unspecified atom stereocenters. The average Bonchev–Trinajstić information content (AvgIpc) is 2.87. The zero-order valence-electron chi connectivity index (χ0n) is 11.3. The van der Waals surface area contributed by atoms with E-state index in [-0.39, 0.29) is 0 Å². The van der Waals surface area contributed by atoms with E-state index in [0.717, 1.165) is 24.4 Å². The molecule has 2 N–H and O–H groups in total. The summed E-state index contributed by atoms with van der Waals surface area (Å²) in [7, 11) is 0. The van der Waals surface area contributed by atoms with E-state index in [1.807, 2.05) is 18.3 Å². The van der Waals surface area contributed by atoms with Crippen LogP contribution in [0.15, 0.2) is 17.1 Å². The number of hydrogen-bond donors (Lipinski definition) is 1. The van der Waals surface area contributed by atoms with Crippen molar-refractivity contribution in [3.8, 4) is 5.75 Å². The van der Waals surface area contributed by atoms with Gasteiger partial charge in [0.15, 0.2) is 0 Å². The number of likely N-dealkylation sites (tertiary alicyclic amines) is 1. The third-order valence-electron chi connectivity index (χ3n) is 3.88. The summed E-state index contributed by atoms with van der Waals surface area (Å²) in [6, 6.07) is 4.00. The van der Waals surface area contributed by atoms with E-state index in [1.165, 1.54) is 37.9 Å². The van der Waals surface area contributed by atoms with Gasteiger partial charge >= 0.3 is 0 Å². The van der Waals surface area contributed by atoms with Crippen molar-refractivity contribution in [1.82, 2.24) is 4.90 Å². The standard InChI is InChI=1S/C15H21N3O/c16-14-8-12-10-17-11-13(12)9-15(14)19-7-6-18-4-2-1-3-5-18/h8-10H,1-7,11,16H2. The molecule has 2 aliphatic rings. The Hall–Kier alpha value is -1.55. The maximum absolute atomic E-state index is 6.01. The molecule has 0 aliphatic carbocycles. The molecule has 0 atom stereocenters. The van der Waals surface area contributed by atoms with Gasteiger partial charge in [0, 0.05) is 12.8 Å². The average molecular weight is 259 g/mol. The number of hydrogen-bond acceptors (Lipinski definition) is 4. The van der Waals surface area contributed by atoms with Crippen molar-refractivity contribution in [3.63, 3.8) is 0 Å². The predicted octanol–water partition coefficient (Wildman–Crippen LogP) is 2.07. The molecule has 0 aromatic heterocycles. The Morgan fingerprint density at radius 3 is 2.89 bits per heavy atom. The molecular formula is C15H21N3O. The van der Waals surface area contributed by atoms with Crippen LogP contribution in [0.3, 0.4) is 0 Å². The lowest BCUT2D eigenvalue weighted by Crippen LogP contribution is -2.33. The second-order valence-corrected chi connectivity index (χ2v) is 5.31. The molecule has 1 fully saturated rings. The fourth-order valence-electron chi connectivity index (χ4n) is 2.75. The molecule has 0 saturated carbocycles. The molecule has 0 radical (unpaired) electrons. The molecule has 1 aromatic rings. The maximum Gasteiger partial charge on any atom is 0.142 e. The van der Waals surface area contributed by atoms with E-state index in [1.54, 1.807) is 0 Å². The van der Waals surface area contributed by atoms with E-state index in [2.05, 4.69) is 9.89 Å². The summed E-state index contributed by atoms with van der Waals surface area (Å²) in [4.78, 5) is 6.71. The lowest BCUT2D eigenvalue weighted by Gasteiger charge is -2.26. The van der Waals surface area contributed by atoms with Gasteiger partial charge in [-0.25, -0.2) is 0 Å². The van der Waals surface area contributed by atoms with Crippen LogP contribution in [0.25, 0.3) is 0 Å². The van der Waals surface area contributed by atoms with Crippen LogP contribution >= 0.6 is 0 Å². The van der Waals surface area contributed by atoms with E-state index in [0.29, 0.717) is 12.3 Å². The highest BCUT2D eigenvalue weighted by molar-refractivity contribution is 5.86. The molecular weight excluding hydrogens is 238 g/mol. The van der Waals surface area contributed by atoms with Gasteiger partial charge in [-0.05, 0) is 49.2 Å². The fourth-order valence-corrected chi connectivity index (χ4v) is 2.75. The first-order chi connectivity index (χ1) is 9.33. The zero-order chi connectivity index (χ0) is 13.1. The minimum atomic E-state index is 0.712. The minimum Gasteiger partial charge on any atom is -0.490 e. The molecule has 2 aliphatic heterocycles. The van der Waals surface area contributed by atoms with Crippen molar-refractivity contribution in [2.45, 2.75) is 25.8 Å². The van der Waals surface area contributed by atoms with E-state index in [4.69, 9.17) is 10.5 Å². The third kappa shape index (κ3) is 2.89. The van der Waals surface area contributed by atoms with Gasteiger partial charge in [-0.15, -0.1) is 0 Å². The first kappa shape index (κ1) is 12.5. The van der Waals surface area contributed by atoms with Gasteiger partial charge in [0.25, 0.3) is 0 Å². The van der Waals surface area contributed by atoms with E-state index in [9.17, 15) is 0 Å². The van der Waals surface area contributed by atoms with Crippen LogP contribution in [0.1, 0.15) is 30.4 Å². The van der Waals surface area contributed by atoms with Gasteiger partial charge in [0.2, 0.25) is 0 Å². The Morgan fingerprint density at radius 2 is 2.05 bits per heavy atom. The maximum atomic E-state index is 6.01. The smallest absolute Gasteiger partial charge is 0.142 e. The number of fused-ring (bicyclic) bond motifs is 1. The number of nitrogens with two attached hydrogens (primary N) is 1.